The first-order chi connectivity index (χ1) is 8.80. The Kier molecular flexibility index (Phi) is 8.94. The molecule has 0 spiro atoms. The molecule has 1 atom stereocenters. The zero-order chi connectivity index (χ0) is 13.0. The summed E-state index contributed by atoms with van der Waals surface area (Å²) < 4.78 is 16.0. The van der Waals surface area contributed by atoms with Crippen molar-refractivity contribution < 1.29 is 38.5 Å². The van der Waals surface area contributed by atoms with E-state index in [9.17, 15) is 0 Å². The summed E-state index contributed by atoms with van der Waals surface area (Å²) in [6, 6.07) is 0. The maximum Gasteiger partial charge on any atom is 2.00 e. The third-order valence-electron chi connectivity index (χ3n) is 3.07. The summed E-state index contributed by atoms with van der Waals surface area (Å²) in [5.74, 6) is 0.679. The first kappa shape index (κ1) is 19.3. The van der Waals surface area contributed by atoms with Crippen LogP contribution in [0.1, 0.15) is 0 Å². The van der Waals surface area contributed by atoms with E-state index in [0.717, 1.165) is 18.8 Å². The summed E-state index contributed by atoms with van der Waals surface area (Å²) in [4.78, 5) is 5.40. The number of ether oxygens (including phenoxy) is 3. The summed E-state index contributed by atoms with van der Waals surface area (Å²) >= 11 is 0. The summed E-state index contributed by atoms with van der Waals surface area (Å²) in [6.07, 6.45) is 3.24. The van der Waals surface area contributed by atoms with E-state index < -0.39 is 0 Å². The number of halogens is 1. The summed E-state index contributed by atoms with van der Waals surface area (Å²) in [5.41, 5.74) is 10.3. The second-order valence-corrected chi connectivity index (χ2v) is 4.05. The van der Waals surface area contributed by atoms with Gasteiger partial charge >= 0.3 is 25.2 Å². The van der Waals surface area contributed by atoms with Crippen LogP contribution in [0, 0.1) is 0 Å². The van der Waals surface area contributed by atoms with Crippen LogP contribution in [0.5, 0.6) is 0 Å². The zero-order valence-electron chi connectivity index (χ0n) is 11.7. The molecule has 0 aromatic carbocycles. The Labute approximate surface area is 137 Å². The second kappa shape index (κ2) is 9.27. The molecule has 0 saturated carbocycles. The van der Waals surface area contributed by atoms with Gasteiger partial charge in [-0.1, -0.05) is 0 Å². The van der Waals surface area contributed by atoms with Gasteiger partial charge in [0.25, 0.3) is 0 Å². The maximum atomic E-state index is 8.95. The van der Waals surface area contributed by atoms with E-state index in [1.165, 1.54) is 0 Å². The minimum absolute atomic E-state index is 0. The van der Waals surface area contributed by atoms with Gasteiger partial charge in [0.15, 0.2) is 6.10 Å². The summed E-state index contributed by atoms with van der Waals surface area (Å²) in [5, 5.41) is 0. The third kappa shape index (κ3) is 4.14. The Morgan fingerprint density at radius 2 is 2.00 bits per heavy atom. The van der Waals surface area contributed by atoms with Gasteiger partial charge in [-0.2, -0.15) is 4.79 Å². The van der Waals surface area contributed by atoms with Crippen LogP contribution in [0.3, 0.4) is 0 Å². The van der Waals surface area contributed by atoms with Gasteiger partial charge in [-0.05, 0) is 6.08 Å². The Morgan fingerprint density at radius 3 is 2.50 bits per heavy atom. The van der Waals surface area contributed by atoms with Crippen molar-refractivity contribution >= 4 is 18.1 Å². The molecule has 2 rings (SSSR count). The number of morpholine rings is 1. The molecule has 1 unspecified atom stereocenters. The van der Waals surface area contributed by atoms with Crippen molar-refractivity contribution in [3.05, 3.63) is 29.1 Å². The van der Waals surface area contributed by atoms with Gasteiger partial charge in [0.05, 0.1) is 32.1 Å². The topological polar surface area (TPSA) is 67.3 Å². The van der Waals surface area contributed by atoms with Gasteiger partial charge in [-0.3, -0.25) is 0 Å². The van der Waals surface area contributed by atoms with Crippen molar-refractivity contribution in [1.29, 1.82) is 0 Å². The molecule has 0 aromatic rings. The fraction of sp³-hybridized carbons (Fsp3) is 0.583. The van der Waals surface area contributed by atoms with Gasteiger partial charge < -0.3 is 24.6 Å². The van der Waals surface area contributed by atoms with Gasteiger partial charge in [0, 0.05) is 20.2 Å². The molecule has 1 aliphatic carbocycles. The molecule has 106 valence electrons. The Hall–Kier alpha value is -0.707. The molecule has 0 amide bonds. The Bertz CT molecular complexity index is 430. The van der Waals surface area contributed by atoms with Gasteiger partial charge in [-0.25, -0.2) is 0 Å². The molecule has 2 aliphatic rings. The van der Waals surface area contributed by atoms with E-state index in [1.54, 1.807) is 20.3 Å². The van der Waals surface area contributed by atoms with E-state index in [0.29, 0.717) is 24.7 Å². The first-order valence-corrected chi connectivity index (χ1v) is 5.85. The molecule has 8 heteroatoms. The average molecular weight is 353 g/mol. The van der Waals surface area contributed by atoms with Crippen LogP contribution in [0.25, 0.3) is 5.53 Å². The van der Waals surface area contributed by atoms with Crippen LogP contribution >= 0.6 is 12.4 Å². The van der Waals surface area contributed by atoms with Crippen LogP contribution in [0.2, 0.25) is 0 Å². The number of hydrogen-bond acceptors (Lipinski definition) is 4. The molecule has 0 bridgehead atoms. The largest absolute Gasteiger partial charge is 2.00 e. The van der Waals surface area contributed by atoms with E-state index >= 15 is 0 Å². The maximum absolute atomic E-state index is 8.95. The predicted molar refractivity (Wildman–Crippen MR) is 72.2 cm³/mol. The predicted octanol–water partition coefficient (Wildman–Crippen LogP) is 0.851. The molecule has 1 heterocycles. The smallest absolute Gasteiger partial charge is 0.494 e. The van der Waals surface area contributed by atoms with Crippen molar-refractivity contribution in [2.24, 2.45) is 0 Å². The molecule has 1 aliphatic heterocycles. The van der Waals surface area contributed by atoms with E-state index in [4.69, 9.17) is 19.7 Å². The minimum Gasteiger partial charge on any atom is -0.494 e. The van der Waals surface area contributed by atoms with E-state index in [1.807, 2.05) is 6.08 Å². The third-order valence-corrected chi connectivity index (χ3v) is 3.07. The molecule has 0 aromatic heterocycles. The van der Waals surface area contributed by atoms with Crippen LogP contribution in [0.4, 0.5) is 0 Å². The standard InChI is InChI=1S/C12H17N3O3.ClH.Zn/c1-16-11-8-10(15-3-5-18-6-4-15)12(17-2)7-9(11)14-13;;/h7-8,11H,3-6H2,1-2H3;1H;/q;;+2. The van der Waals surface area contributed by atoms with Crippen LogP contribution < -0.4 is 0 Å². The van der Waals surface area contributed by atoms with E-state index in [2.05, 4.69) is 9.69 Å². The molecule has 1 saturated heterocycles. The Balaban J connectivity index is 0.00000180. The van der Waals surface area contributed by atoms with E-state index in [-0.39, 0.29) is 38.0 Å². The molecule has 0 radical (unpaired) electrons. The van der Waals surface area contributed by atoms with Crippen molar-refractivity contribution in [3.63, 3.8) is 0 Å². The summed E-state index contributed by atoms with van der Waals surface area (Å²) in [6.45, 7) is 3.03. The molecular formula is C12H18ClN3O3Zn+2. The first-order valence-electron chi connectivity index (χ1n) is 5.85. The van der Waals surface area contributed by atoms with Crippen molar-refractivity contribution in [1.82, 2.24) is 4.90 Å². The SMILES string of the molecule is COC1=CC(=[N+]=[N-])C(OC)C=C1N1CCOCC1.Cl.[Zn+2]. The van der Waals surface area contributed by atoms with Crippen molar-refractivity contribution in [2.45, 2.75) is 6.10 Å². The number of nitrogens with zero attached hydrogens (tertiary/aromatic N) is 3. The molecule has 0 N–H and O–H groups in total. The molecule has 20 heavy (non-hydrogen) atoms. The molecular weight excluding hydrogens is 335 g/mol. The average Bonchev–Trinajstić information content (AvgIpc) is 2.46. The molecule has 6 nitrogen and oxygen atoms in total. The van der Waals surface area contributed by atoms with Crippen LogP contribution in [-0.2, 0) is 33.7 Å². The second-order valence-electron chi connectivity index (χ2n) is 4.05. The number of rotatable bonds is 3. The fourth-order valence-corrected chi connectivity index (χ4v) is 2.10. The van der Waals surface area contributed by atoms with Crippen LogP contribution in [0.15, 0.2) is 23.6 Å². The number of methoxy groups -OCH3 is 2. The normalized spacial score (nSPS) is 21.8. The zero-order valence-corrected chi connectivity index (χ0v) is 15.5. The van der Waals surface area contributed by atoms with Gasteiger partial charge in [0.2, 0.25) is 0 Å². The van der Waals surface area contributed by atoms with Crippen molar-refractivity contribution in [2.75, 3.05) is 40.5 Å². The molecule has 1 fully saturated rings. The minimum atomic E-state index is -0.355. The van der Waals surface area contributed by atoms with Crippen molar-refractivity contribution in [3.8, 4) is 0 Å². The quantitative estimate of drug-likeness (QED) is 0.429. The summed E-state index contributed by atoms with van der Waals surface area (Å²) in [7, 11) is 3.18. The fourth-order valence-electron chi connectivity index (χ4n) is 2.10. The monoisotopic (exact) mass is 351 g/mol. The van der Waals surface area contributed by atoms with Gasteiger partial charge in [-0.15, -0.1) is 12.4 Å². The van der Waals surface area contributed by atoms with Gasteiger partial charge in [0.1, 0.15) is 5.76 Å². The Morgan fingerprint density at radius 1 is 1.35 bits per heavy atom. The van der Waals surface area contributed by atoms with Crippen LogP contribution in [-0.4, -0.2) is 62.0 Å². The number of hydrogen-bond donors (Lipinski definition) is 0.